The van der Waals surface area contributed by atoms with Crippen molar-refractivity contribution in [3.63, 3.8) is 0 Å². The second kappa shape index (κ2) is 4.66. The molecule has 0 radical (unpaired) electrons. The molecular formula is C12H15N3O3. The smallest absolute Gasteiger partial charge is 0.337 e. The number of nitrogens with zero attached hydrogens (tertiary/aromatic N) is 2. The molecule has 1 aromatic rings. The Bertz CT molecular complexity index is 487. The predicted octanol–water partition coefficient (Wildman–Crippen LogP) is 0.689. The number of amides is 2. The van der Waals surface area contributed by atoms with Gasteiger partial charge in [-0.2, -0.15) is 0 Å². The van der Waals surface area contributed by atoms with E-state index in [4.69, 9.17) is 0 Å². The first-order valence-corrected chi connectivity index (χ1v) is 5.58. The number of anilines is 1. The van der Waals surface area contributed by atoms with Gasteiger partial charge in [0.25, 0.3) is 0 Å². The number of carboxylic acid groups (broad SMARTS) is 1. The molecule has 0 saturated carbocycles. The minimum atomic E-state index is -1.000. The summed E-state index contributed by atoms with van der Waals surface area (Å²) < 4.78 is 0. The molecule has 2 amide bonds. The van der Waals surface area contributed by atoms with Crippen LogP contribution in [0.15, 0.2) is 24.3 Å². The molecular weight excluding hydrogens is 234 g/mol. The number of urea groups is 1. The van der Waals surface area contributed by atoms with Crippen molar-refractivity contribution in [3.05, 3.63) is 29.8 Å². The van der Waals surface area contributed by atoms with Crippen LogP contribution in [0.25, 0.3) is 0 Å². The Labute approximate surface area is 105 Å². The number of fused-ring (bicyclic) bond motifs is 1. The Kier molecular flexibility index (Phi) is 3.20. The largest absolute Gasteiger partial charge is 0.480 e. The highest BCUT2D eigenvalue weighted by atomic mass is 16.4. The molecule has 6 nitrogen and oxygen atoms in total. The Balaban J connectivity index is 2.34. The van der Waals surface area contributed by atoms with Gasteiger partial charge in [-0.15, -0.1) is 0 Å². The number of benzene rings is 1. The maximum Gasteiger partial charge on any atom is 0.337 e. The fraction of sp³-hybridized carbons (Fsp3) is 0.333. The fourth-order valence-corrected chi connectivity index (χ4v) is 2.08. The summed E-state index contributed by atoms with van der Waals surface area (Å²) >= 11 is 0. The number of aliphatic carboxylic acids is 1. The number of hydrogen-bond acceptors (Lipinski definition) is 3. The molecule has 0 saturated heterocycles. The van der Waals surface area contributed by atoms with Gasteiger partial charge in [0.05, 0.1) is 0 Å². The first-order valence-electron chi connectivity index (χ1n) is 5.58. The fourth-order valence-electron chi connectivity index (χ4n) is 2.08. The van der Waals surface area contributed by atoms with E-state index in [0.29, 0.717) is 12.1 Å². The molecule has 2 N–H and O–H groups in total. The van der Waals surface area contributed by atoms with Crippen LogP contribution in [0.4, 0.5) is 10.5 Å². The number of carbonyl (C=O) groups excluding carboxylic acids is 1. The molecule has 1 aliphatic heterocycles. The van der Waals surface area contributed by atoms with Crippen molar-refractivity contribution in [1.29, 1.82) is 0 Å². The van der Waals surface area contributed by atoms with Gasteiger partial charge in [0.2, 0.25) is 0 Å². The zero-order valence-electron chi connectivity index (χ0n) is 10.3. The van der Waals surface area contributed by atoms with Gasteiger partial charge in [-0.25, -0.2) is 14.6 Å². The quantitative estimate of drug-likeness (QED) is 0.756. The number of rotatable bonds is 2. The molecule has 96 valence electrons. The van der Waals surface area contributed by atoms with Crippen LogP contribution in [0.5, 0.6) is 0 Å². The summed E-state index contributed by atoms with van der Waals surface area (Å²) in [6.07, 6.45) is 0.340. The van der Waals surface area contributed by atoms with Crippen molar-refractivity contribution in [2.24, 2.45) is 0 Å². The molecule has 2 rings (SSSR count). The van der Waals surface area contributed by atoms with E-state index in [2.05, 4.69) is 5.43 Å². The average molecular weight is 249 g/mol. The lowest BCUT2D eigenvalue weighted by Gasteiger charge is -2.24. The van der Waals surface area contributed by atoms with E-state index in [1.165, 1.54) is 9.91 Å². The number of nitrogens with one attached hydrogen (secondary N) is 1. The van der Waals surface area contributed by atoms with Gasteiger partial charge in [0, 0.05) is 26.2 Å². The summed E-state index contributed by atoms with van der Waals surface area (Å²) in [6.45, 7) is 0. The Morgan fingerprint density at radius 1 is 1.39 bits per heavy atom. The second-order valence-corrected chi connectivity index (χ2v) is 4.37. The molecule has 0 spiro atoms. The topological polar surface area (TPSA) is 72.9 Å². The standard InChI is InChI=1S/C12H15N3O3/c1-14(2)13-12(18)15-9-6-4-3-5-8(9)7-10(15)11(16)17/h3-6,10H,7H2,1-2H3,(H,13,18)(H,16,17)/t10-/m0/s1. The normalized spacial score (nSPS) is 17.7. The van der Waals surface area contributed by atoms with E-state index >= 15 is 0 Å². The van der Waals surface area contributed by atoms with Gasteiger partial charge in [0.1, 0.15) is 6.04 Å². The second-order valence-electron chi connectivity index (χ2n) is 4.37. The van der Waals surface area contributed by atoms with Crippen molar-refractivity contribution in [3.8, 4) is 0 Å². The van der Waals surface area contributed by atoms with Gasteiger partial charge >= 0.3 is 12.0 Å². The summed E-state index contributed by atoms with van der Waals surface area (Å²) in [6, 6.07) is 5.95. The van der Waals surface area contributed by atoms with Crippen molar-refractivity contribution in [1.82, 2.24) is 10.4 Å². The van der Waals surface area contributed by atoms with Crippen LogP contribution in [0.3, 0.4) is 0 Å². The zero-order valence-corrected chi connectivity index (χ0v) is 10.3. The van der Waals surface area contributed by atoms with Crippen LogP contribution in [-0.4, -0.2) is 42.3 Å². The van der Waals surface area contributed by atoms with Gasteiger partial charge in [-0.1, -0.05) is 18.2 Å². The molecule has 0 aromatic heterocycles. The van der Waals surface area contributed by atoms with Crippen LogP contribution >= 0.6 is 0 Å². The number of carbonyl (C=O) groups is 2. The molecule has 1 aromatic carbocycles. The van der Waals surface area contributed by atoms with E-state index in [1.54, 1.807) is 26.2 Å². The minimum Gasteiger partial charge on any atom is -0.480 e. The van der Waals surface area contributed by atoms with Crippen molar-refractivity contribution >= 4 is 17.7 Å². The maximum absolute atomic E-state index is 12.0. The molecule has 0 bridgehead atoms. The third kappa shape index (κ3) is 2.14. The number of hydrazine groups is 1. The van der Waals surface area contributed by atoms with Crippen LogP contribution in [-0.2, 0) is 11.2 Å². The lowest BCUT2D eigenvalue weighted by Crippen LogP contribution is -2.51. The van der Waals surface area contributed by atoms with E-state index in [-0.39, 0.29) is 0 Å². The third-order valence-electron chi connectivity index (χ3n) is 2.80. The molecule has 0 aliphatic carbocycles. The molecule has 0 fully saturated rings. The zero-order chi connectivity index (χ0) is 13.3. The van der Waals surface area contributed by atoms with Crippen molar-refractivity contribution < 1.29 is 14.7 Å². The van der Waals surface area contributed by atoms with E-state index in [0.717, 1.165) is 5.56 Å². The predicted molar refractivity (Wildman–Crippen MR) is 66.3 cm³/mol. The highest BCUT2D eigenvalue weighted by molar-refractivity contribution is 6.00. The molecule has 18 heavy (non-hydrogen) atoms. The van der Waals surface area contributed by atoms with E-state index < -0.39 is 18.0 Å². The molecule has 1 heterocycles. The van der Waals surface area contributed by atoms with Crippen molar-refractivity contribution in [2.75, 3.05) is 19.0 Å². The molecule has 1 atom stereocenters. The summed E-state index contributed by atoms with van der Waals surface area (Å²) in [7, 11) is 3.35. The molecule has 0 unspecified atom stereocenters. The Morgan fingerprint density at radius 2 is 2.06 bits per heavy atom. The summed E-state index contributed by atoms with van der Waals surface area (Å²) in [5, 5.41) is 10.7. The SMILES string of the molecule is CN(C)NC(=O)N1c2ccccc2C[C@H]1C(=O)O. The van der Waals surface area contributed by atoms with Crippen LogP contribution in [0.1, 0.15) is 5.56 Å². The summed E-state index contributed by atoms with van der Waals surface area (Å²) in [5.74, 6) is -1.000. The Hall–Kier alpha value is -2.08. The van der Waals surface area contributed by atoms with Crippen molar-refractivity contribution in [2.45, 2.75) is 12.5 Å². The monoisotopic (exact) mass is 249 g/mol. The van der Waals surface area contributed by atoms with Crippen LogP contribution in [0, 0.1) is 0 Å². The van der Waals surface area contributed by atoms with E-state index in [9.17, 15) is 14.7 Å². The van der Waals surface area contributed by atoms with Gasteiger partial charge < -0.3 is 5.11 Å². The third-order valence-corrected chi connectivity index (χ3v) is 2.80. The number of carboxylic acids is 1. The average Bonchev–Trinajstić information content (AvgIpc) is 2.67. The summed E-state index contributed by atoms with van der Waals surface area (Å²) in [5.41, 5.74) is 4.10. The highest BCUT2D eigenvalue weighted by Crippen LogP contribution is 2.32. The lowest BCUT2D eigenvalue weighted by molar-refractivity contribution is -0.138. The van der Waals surface area contributed by atoms with Crippen LogP contribution < -0.4 is 10.3 Å². The first-order chi connectivity index (χ1) is 8.50. The Morgan fingerprint density at radius 3 is 2.67 bits per heavy atom. The maximum atomic E-state index is 12.0. The number of para-hydroxylation sites is 1. The van der Waals surface area contributed by atoms with Gasteiger partial charge in [0.15, 0.2) is 0 Å². The van der Waals surface area contributed by atoms with E-state index in [1.807, 2.05) is 12.1 Å². The summed E-state index contributed by atoms with van der Waals surface area (Å²) in [4.78, 5) is 24.6. The molecule has 6 heteroatoms. The lowest BCUT2D eigenvalue weighted by atomic mass is 10.1. The minimum absolute atomic E-state index is 0.340. The van der Waals surface area contributed by atoms with Gasteiger partial charge in [-0.05, 0) is 11.6 Å². The van der Waals surface area contributed by atoms with Crippen LogP contribution in [0.2, 0.25) is 0 Å². The highest BCUT2D eigenvalue weighted by Gasteiger charge is 2.38. The molecule has 1 aliphatic rings. The first kappa shape index (κ1) is 12.4. The van der Waals surface area contributed by atoms with Gasteiger partial charge in [-0.3, -0.25) is 10.3 Å². The number of hydrogen-bond donors (Lipinski definition) is 2.